The minimum atomic E-state index is 0.548. The molecule has 1 heterocycles. The van der Waals surface area contributed by atoms with E-state index in [9.17, 15) is 0 Å². The predicted molar refractivity (Wildman–Crippen MR) is 81.2 cm³/mol. The summed E-state index contributed by atoms with van der Waals surface area (Å²) >= 11 is 1.88. The lowest BCUT2D eigenvalue weighted by Gasteiger charge is -2.12. The molecule has 96 valence electrons. The molecule has 1 aromatic heterocycles. The largest absolute Gasteiger partial charge is 0.309 e. The SMILES string of the molecule is CSCC(C)NCc1ccc2nc(C)ccc2c1. The Morgan fingerprint density at radius 3 is 2.89 bits per heavy atom. The molecule has 0 fully saturated rings. The lowest BCUT2D eigenvalue weighted by Crippen LogP contribution is -2.27. The highest BCUT2D eigenvalue weighted by Gasteiger charge is 2.02. The van der Waals surface area contributed by atoms with Crippen LogP contribution in [-0.2, 0) is 6.54 Å². The highest BCUT2D eigenvalue weighted by Crippen LogP contribution is 2.14. The van der Waals surface area contributed by atoms with E-state index < -0.39 is 0 Å². The number of nitrogens with zero attached hydrogens (tertiary/aromatic N) is 1. The number of nitrogens with one attached hydrogen (secondary N) is 1. The minimum absolute atomic E-state index is 0.548. The predicted octanol–water partition coefficient (Wildman–Crippen LogP) is 3.38. The normalized spacial score (nSPS) is 12.8. The number of aromatic nitrogens is 1. The Balaban J connectivity index is 2.08. The fourth-order valence-corrected chi connectivity index (χ4v) is 2.61. The van der Waals surface area contributed by atoms with E-state index >= 15 is 0 Å². The zero-order chi connectivity index (χ0) is 13.0. The van der Waals surface area contributed by atoms with E-state index in [0.29, 0.717) is 6.04 Å². The third-order valence-electron chi connectivity index (χ3n) is 2.96. The van der Waals surface area contributed by atoms with Crippen LogP contribution in [0.15, 0.2) is 30.3 Å². The van der Waals surface area contributed by atoms with Crippen LogP contribution in [0.1, 0.15) is 18.2 Å². The molecule has 18 heavy (non-hydrogen) atoms. The monoisotopic (exact) mass is 260 g/mol. The van der Waals surface area contributed by atoms with Crippen molar-refractivity contribution in [1.82, 2.24) is 10.3 Å². The molecule has 2 rings (SSSR count). The molecule has 1 aromatic carbocycles. The first-order chi connectivity index (χ1) is 8.69. The maximum absolute atomic E-state index is 4.52. The van der Waals surface area contributed by atoms with Gasteiger partial charge in [0.1, 0.15) is 0 Å². The van der Waals surface area contributed by atoms with Crippen LogP contribution in [0.3, 0.4) is 0 Å². The fourth-order valence-electron chi connectivity index (χ4n) is 1.99. The average Bonchev–Trinajstić information content (AvgIpc) is 2.36. The molecular weight excluding hydrogens is 240 g/mol. The number of aryl methyl sites for hydroxylation is 1. The zero-order valence-corrected chi connectivity index (χ0v) is 12.1. The number of benzene rings is 1. The number of pyridine rings is 1. The van der Waals surface area contributed by atoms with Crippen LogP contribution < -0.4 is 5.32 Å². The quantitative estimate of drug-likeness (QED) is 0.892. The van der Waals surface area contributed by atoms with Gasteiger partial charge in [0.25, 0.3) is 0 Å². The number of fused-ring (bicyclic) bond motifs is 1. The first kappa shape index (κ1) is 13.4. The molecular formula is C15H20N2S. The van der Waals surface area contributed by atoms with Crippen LogP contribution in [0.2, 0.25) is 0 Å². The topological polar surface area (TPSA) is 24.9 Å². The van der Waals surface area contributed by atoms with Gasteiger partial charge in [-0.2, -0.15) is 11.8 Å². The third kappa shape index (κ3) is 3.47. The Labute approximate surface area is 113 Å². The Hall–Kier alpha value is -1.06. The zero-order valence-electron chi connectivity index (χ0n) is 11.2. The maximum Gasteiger partial charge on any atom is 0.0705 e. The first-order valence-corrected chi connectivity index (χ1v) is 7.67. The van der Waals surface area contributed by atoms with Gasteiger partial charge in [0.2, 0.25) is 0 Å². The molecule has 1 unspecified atom stereocenters. The molecule has 2 nitrogen and oxygen atoms in total. The second-order valence-corrected chi connectivity index (χ2v) is 5.63. The summed E-state index contributed by atoms with van der Waals surface area (Å²) in [6.45, 7) is 5.17. The van der Waals surface area contributed by atoms with E-state index in [2.05, 4.69) is 53.8 Å². The highest BCUT2D eigenvalue weighted by atomic mass is 32.2. The lowest BCUT2D eigenvalue weighted by atomic mass is 10.1. The summed E-state index contributed by atoms with van der Waals surface area (Å²) in [5, 5.41) is 4.75. The molecule has 0 aliphatic heterocycles. The second-order valence-electron chi connectivity index (χ2n) is 4.72. The molecule has 0 amide bonds. The Morgan fingerprint density at radius 2 is 2.11 bits per heavy atom. The van der Waals surface area contributed by atoms with Crippen molar-refractivity contribution in [2.24, 2.45) is 0 Å². The third-order valence-corrected chi connectivity index (χ3v) is 3.80. The summed E-state index contributed by atoms with van der Waals surface area (Å²) < 4.78 is 0. The van der Waals surface area contributed by atoms with Crippen molar-refractivity contribution in [3.05, 3.63) is 41.6 Å². The molecule has 3 heteroatoms. The van der Waals surface area contributed by atoms with E-state index in [1.54, 1.807) is 0 Å². The van der Waals surface area contributed by atoms with Gasteiger partial charge in [-0.1, -0.05) is 12.1 Å². The van der Waals surface area contributed by atoms with Crippen LogP contribution >= 0.6 is 11.8 Å². The summed E-state index contributed by atoms with van der Waals surface area (Å²) in [6, 6.07) is 11.3. The number of hydrogen-bond acceptors (Lipinski definition) is 3. The smallest absolute Gasteiger partial charge is 0.0705 e. The van der Waals surface area contributed by atoms with Gasteiger partial charge in [-0.15, -0.1) is 0 Å². The van der Waals surface area contributed by atoms with Gasteiger partial charge in [-0.25, -0.2) is 0 Å². The molecule has 0 saturated carbocycles. The molecule has 0 aliphatic rings. The molecule has 1 N–H and O–H groups in total. The van der Waals surface area contributed by atoms with Crippen molar-refractivity contribution in [3.63, 3.8) is 0 Å². The van der Waals surface area contributed by atoms with E-state index in [1.165, 1.54) is 10.9 Å². The van der Waals surface area contributed by atoms with Crippen molar-refractivity contribution in [2.75, 3.05) is 12.0 Å². The van der Waals surface area contributed by atoms with Crippen LogP contribution in [0, 0.1) is 6.92 Å². The van der Waals surface area contributed by atoms with Gasteiger partial charge < -0.3 is 5.32 Å². The summed E-state index contributed by atoms with van der Waals surface area (Å²) in [6.07, 6.45) is 2.14. The van der Waals surface area contributed by atoms with E-state index in [-0.39, 0.29) is 0 Å². The van der Waals surface area contributed by atoms with Gasteiger partial charge in [0.15, 0.2) is 0 Å². The lowest BCUT2D eigenvalue weighted by molar-refractivity contribution is 0.596. The van der Waals surface area contributed by atoms with Crippen LogP contribution in [0.4, 0.5) is 0 Å². The van der Waals surface area contributed by atoms with Gasteiger partial charge >= 0.3 is 0 Å². The maximum atomic E-state index is 4.52. The van der Waals surface area contributed by atoms with Gasteiger partial charge in [-0.05, 0) is 43.9 Å². The highest BCUT2D eigenvalue weighted by molar-refractivity contribution is 7.98. The Morgan fingerprint density at radius 1 is 1.28 bits per heavy atom. The summed E-state index contributed by atoms with van der Waals surface area (Å²) in [7, 11) is 0. The van der Waals surface area contributed by atoms with Crippen molar-refractivity contribution in [1.29, 1.82) is 0 Å². The molecule has 0 radical (unpaired) electrons. The first-order valence-electron chi connectivity index (χ1n) is 6.27. The molecule has 0 aliphatic carbocycles. The summed E-state index contributed by atoms with van der Waals surface area (Å²) in [4.78, 5) is 4.52. The van der Waals surface area contributed by atoms with Crippen LogP contribution in [0.5, 0.6) is 0 Å². The molecule has 0 saturated heterocycles. The van der Waals surface area contributed by atoms with E-state index in [0.717, 1.165) is 23.5 Å². The van der Waals surface area contributed by atoms with Gasteiger partial charge in [0.05, 0.1) is 5.52 Å². The fraction of sp³-hybridized carbons (Fsp3) is 0.400. The summed E-state index contributed by atoms with van der Waals surface area (Å²) in [5.41, 5.74) is 3.47. The van der Waals surface area contributed by atoms with Crippen molar-refractivity contribution in [2.45, 2.75) is 26.4 Å². The van der Waals surface area contributed by atoms with Crippen LogP contribution in [0.25, 0.3) is 10.9 Å². The Bertz CT molecular complexity index is 525. The van der Waals surface area contributed by atoms with E-state index in [1.807, 2.05) is 18.7 Å². The minimum Gasteiger partial charge on any atom is -0.309 e. The van der Waals surface area contributed by atoms with Crippen molar-refractivity contribution in [3.8, 4) is 0 Å². The van der Waals surface area contributed by atoms with Crippen LogP contribution in [-0.4, -0.2) is 23.0 Å². The number of hydrogen-bond donors (Lipinski definition) is 1. The Kier molecular flexibility index (Phi) is 4.61. The van der Waals surface area contributed by atoms with Crippen molar-refractivity contribution >= 4 is 22.7 Å². The number of thioether (sulfide) groups is 1. The standard InChI is InChI=1S/C15H20N2S/c1-11-4-6-14-8-13(5-7-15(14)17-11)9-16-12(2)10-18-3/h4-8,12,16H,9-10H2,1-3H3. The van der Waals surface area contributed by atoms with Gasteiger partial charge in [0, 0.05) is 29.4 Å². The van der Waals surface area contributed by atoms with Gasteiger partial charge in [-0.3, -0.25) is 4.98 Å². The number of rotatable bonds is 5. The summed E-state index contributed by atoms with van der Waals surface area (Å²) in [5.74, 6) is 1.15. The van der Waals surface area contributed by atoms with E-state index in [4.69, 9.17) is 0 Å². The molecule has 1 atom stereocenters. The van der Waals surface area contributed by atoms with Crippen molar-refractivity contribution < 1.29 is 0 Å². The average molecular weight is 260 g/mol. The molecule has 2 aromatic rings. The second kappa shape index (κ2) is 6.21. The molecule has 0 spiro atoms. The molecule has 0 bridgehead atoms.